The number of aliphatic hydroxyl groups excluding tert-OH is 1. The van der Waals surface area contributed by atoms with Crippen LogP contribution in [0.1, 0.15) is 4.88 Å². The lowest BCUT2D eigenvalue weighted by molar-refractivity contribution is -0.116. The summed E-state index contributed by atoms with van der Waals surface area (Å²) < 4.78 is 0.984. The highest BCUT2D eigenvalue weighted by Gasteiger charge is 2.27. The minimum atomic E-state index is -0.0684. The number of amides is 1. The number of anilines is 1. The van der Waals surface area contributed by atoms with E-state index in [1.54, 1.807) is 11.0 Å². The first-order valence-corrected chi connectivity index (χ1v) is 6.46. The predicted octanol–water partition coefficient (Wildman–Crippen LogP) is 0.463. The van der Waals surface area contributed by atoms with Crippen molar-refractivity contribution in [3.05, 3.63) is 10.9 Å². The van der Waals surface area contributed by atoms with E-state index in [1.165, 1.54) is 23.1 Å². The van der Waals surface area contributed by atoms with E-state index in [2.05, 4.69) is 0 Å². The molecular weight excluding hydrogens is 246 g/mol. The Labute approximate surface area is 101 Å². The van der Waals surface area contributed by atoms with E-state index in [0.29, 0.717) is 17.2 Å². The normalized spacial score (nSPS) is 15.1. The van der Waals surface area contributed by atoms with Crippen molar-refractivity contribution in [1.82, 2.24) is 0 Å². The molecule has 0 unspecified atom stereocenters. The first-order valence-electron chi connectivity index (χ1n) is 4.65. The van der Waals surface area contributed by atoms with E-state index >= 15 is 0 Å². The van der Waals surface area contributed by atoms with Gasteiger partial charge in [0, 0.05) is 6.54 Å². The van der Waals surface area contributed by atoms with Gasteiger partial charge in [0.15, 0.2) is 0 Å². The van der Waals surface area contributed by atoms with Gasteiger partial charge in [-0.1, -0.05) is 0 Å². The first kappa shape index (κ1) is 11.4. The number of rotatable bonds is 3. The van der Waals surface area contributed by atoms with Gasteiger partial charge in [-0.05, 0) is 6.07 Å². The summed E-state index contributed by atoms with van der Waals surface area (Å²) in [7, 11) is 0. The zero-order valence-corrected chi connectivity index (χ0v) is 10.0. The minimum absolute atomic E-state index is 0.0106. The molecule has 7 heteroatoms. The second-order valence-corrected chi connectivity index (χ2v) is 5.55. The van der Waals surface area contributed by atoms with Crippen LogP contribution in [0.4, 0.5) is 5.69 Å². The predicted molar refractivity (Wildman–Crippen MR) is 65.5 cm³/mol. The van der Waals surface area contributed by atoms with Crippen LogP contribution in [0, 0.1) is 5.41 Å². The van der Waals surface area contributed by atoms with Gasteiger partial charge in [-0.15, -0.1) is 23.1 Å². The number of nitrogen functional groups attached to an aromatic ring is 1. The highest BCUT2D eigenvalue weighted by molar-refractivity contribution is 8.02. The first-order chi connectivity index (χ1) is 7.63. The fourth-order valence-corrected chi connectivity index (χ4v) is 3.64. The van der Waals surface area contributed by atoms with Gasteiger partial charge in [0.1, 0.15) is 5.84 Å². The van der Waals surface area contributed by atoms with Crippen LogP contribution in [-0.2, 0) is 4.79 Å². The summed E-state index contributed by atoms with van der Waals surface area (Å²) in [5.41, 5.74) is 6.18. The molecule has 1 aliphatic rings. The number of hydrogen-bond acceptors (Lipinski definition) is 5. The number of nitrogens with two attached hydrogens (primary N) is 1. The summed E-state index contributed by atoms with van der Waals surface area (Å²) in [5, 5.41) is 16.3. The van der Waals surface area contributed by atoms with Crippen molar-refractivity contribution in [2.75, 3.05) is 23.8 Å². The van der Waals surface area contributed by atoms with Crippen LogP contribution in [0.15, 0.2) is 10.3 Å². The molecule has 0 saturated heterocycles. The highest BCUT2D eigenvalue weighted by atomic mass is 32.2. The third-order valence-electron chi connectivity index (χ3n) is 2.19. The maximum absolute atomic E-state index is 11.6. The molecule has 0 atom stereocenters. The Bertz CT molecular complexity index is 444. The van der Waals surface area contributed by atoms with Crippen LogP contribution in [-0.4, -0.2) is 35.8 Å². The summed E-state index contributed by atoms with van der Waals surface area (Å²) in [6.45, 7) is 0.224. The zero-order valence-electron chi connectivity index (χ0n) is 8.40. The SMILES string of the molecule is N=C(N)c1cc2c(s1)SCC(=O)N2CCO. The van der Waals surface area contributed by atoms with E-state index in [0.717, 1.165) is 9.90 Å². The Morgan fingerprint density at radius 1 is 1.69 bits per heavy atom. The van der Waals surface area contributed by atoms with Crippen molar-refractivity contribution in [3.63, 3.8) is 0 Å². The van der Waals surface area contributed by atoms with Gasteiger partial charge in [0.05, 0.1) is 27.1 Å². The molecule has 0 fully saturated rings. The Balaban J connectivity index is 2.38. The van der Waals surface area contributed by atoms with E-state index in [9.17, 15) is 4.79 Å². The topological polar surface area (TPSA) is 90.4 Å². The molecule has 1 aromatic rings. The molecule has 5 nitrogen and oxygen atoms in total. The molecule has 1 aliphatic heterocycles. The monoisotopic (exact) mass is 257 g/mol. The highest BCUT2D eigenvalue weighted by Crippen LogP contribution is 2.41. The van der Waals surface area contributed by atoms with Crippen LogP contribution >= 0.6 is 23.1 Å². The van der Waals surface area contributed by atoms with Gasteiger partial charge in [0.25, 0.3) is 0 Å². The molecule has 2 heterocycles. The van der Waals surface area contributed by atoms with Gasteiger partial charge < -0.3 is 15.7 Å². The van der Waals surface area contributed by atoms with E-state index in [-0.39, 0.29) is 18.3 Å². The van der Waals surface area contributed by atoms with Crippen LogP contribution in [0.25, 0.3) is 0 Å². The second-order valence-electron chi connectivity index (χ2n) is 3.25. The maximum Gasteiger partial charge on any atom is 0.237 e. The summed E-state index contributed by atoms with van der Waals surface area (Å²) >= 11 is 2.87. The molecule has 0 aromatic carbocycles. The molecule has 0 saturated carbocycles. The van der Waals surface area contributed by atoms with Gasteiger partial charge in [-0.3, -0.25) is 10.2 Å². The average molecular weight is 257 g/mol. The molecule has 1 amide bonds. The second kappa shape index (κ2) is 4.44. The summed E-state index contributed by atoms with van der Waals surface area (Å²) in [6, 6.07) is 1.74. The number of aliphatic hydroxyl groups is 1. The molecular formula is C9H11N3O2S2. The molecule has 0 aliphatic carbocycles. The molecule has 1 aromatic heterocycles. The summed E-state index contributed by atoms with van der Waals surface area (Å²) in [6.07, 6.45) is 0. The number of nitrogens with one attached hydrogen (secondary N) is 1. The third-order valence-corrected chi connectivity index (χ3v) is 4.61. The molecule has 86 valence electrons. The largest absolute Gasteiger partial charge is 0.395 e. The van der Waals surface area contributed by atoms with Crippen molar-refractivity contribution >= 4 is 40.5 Å². The van der Waals surface area contributed by atoms with E-state index in [4.69, 9.17) is 16.2 Å². The van der Waals surface area contributed by atoms with Crippen molar-refractivity contribution in [2.45, 2.75) is 4.21 Å². The standard InChI is InChI=1S/C9H11N3O2S2/c10-8(11)6-3-5-9(16-6)15-4-7(14)12(5)1-2-13/h3,13H,1-2,4H2,(H3,10,11). The molecule has 16 heavy (non-hydrogen) atoms. The van der Waals surface area contributed by atoms with E-state index < -0.39 is 0 Å². The summed E-state index contributed by atoms with van der Waals surface area (Å²) in [4.78, 5) is 13.9. The quantitative estimate of drug-likeness (QED) is 0.542. The number of hydrogen-bond donors (Lipinski definition) is 3. The smallest absolute Gasteiger partial charge is 0.237 e. The molecule has 0 spiro atoms. The van der Waals surface area contributed by atoms with Crippen molar-refractivity contribution in [3.8, 4) is 0 Å². The summed E-state index contributed by atoms with van der Waals surface area (Å²) in [5.74, 6) is 0.376. The zero-order chi connectivity index (χ0) is 11.7. The van der Waals surface area contributed by atoms with Gasteiger partial charge in [0.2, 0.25) is 5.91 Å². The van der Waals surface area contributed by atoms with Gasteiger partial charge in [-0.2, -0.15) is 0 Å². The average Bonchev–Trinajstić information content (AvgIpc) is 2.66. The van der Waals surface area contributed by atoms with Crippen molar-refractivity contribution in [1.29, 1.82) is 5.41 Å². The molecule has 4 N–H and O–H groups in total. The minimum Gasteiger partial charge on any atom is -0.395 e. The number of β-amino-alcohol motifs (C(OH)–C–C–N with tert-alkyl or cyclic N) is 1. The Kier molecular flexibility index (Phi) is 3.17. The molecule has 2 rings (SSSR count). The number of fused-ring (bicyclic) bond motifs is 1. The fraction of sp³-hybridized carbons (Fsp3) is 0.333. The maximum atomic E-state index is 11.6. The van der Waals surface area contributed by atoms with Crippen molar-refractivity contribution in [2.24, 2.45) is 5.73 Å². The number of nitrogens with zero attached hydrogens (tertiary/aromatic N) is 1. The fourth-order valence-electron chi connectivity index (χ4n) is 1.47. The Morgan fingerprint density at radius 2 is 2.44 bits per heavy atom. The number of thioether (sulfide) groups is 1. The van der Waals surface area contributed by atoms with Gasteiger partial charge in [-0.25, -0.2) is 0 Å². The van der Waals surface area contributed by atoms with Crippen LogP contribution in [0.2, 0.25) is 0 Å². The molecule has 0 bridgehead atoms. The Morgan fingerprint density at radius 3 is 3.06 bits per heavy atom. The lowest BCUT2D eigenvalue weighted by atomic mass is 10.3. The lowest BCUT2D eigenvalue weighted by Gasteiger charge is -2.25. The number of thiophene rings is 1. The lowest BCUT2D eigenvalue weighted by Crippen LogP contribution is -2.36. The van der Waals surface area contributed by atoms with Crippen LogP contribution in [0.5, 0.6) is 0 Å². The van der Waals surface area contributed by atoms with E-state index in [1.807, 2.05) is 0 Å². The van der Waals surface area contributed by atoms with Gasteiger partial charge >= 0.3 is 0 Å². The van der Waals surface area contributed by atoms with Crippen LogP contribution in [0.3, 0.4) is 0 Å². The van der Waals surface area contributed by atoms with Crippen LogP contribution < -0.4 is 10.6 Å². The van der Waals surface area contributed by atoms with Crippen molar-refractivity contribution < 1.29 is 9.90 Å². The number of carbonyl (C=O) groups excluding carboxylic acids is 1. The third kappa shape index (κ3) is 1.93. The molecule has 0 radical (unpaired) electrons. The Hall–Kier alpha value is -1.05. The number of amidine groups is 1. The number of carbonyl (C=O) groups is 1.